The summed E-state index contributed by atoms with van der Waals surface area (Å²) in [6.07, 6.45) is 6.83. The lowest BCUT2D eigenvalue weighted by Crippen LogP contribution is -2.27. The van der Waals surface area contributed by atoms with E-state index < -0.39 is 4.75 Å². The molecule has 0 fully saturated rings. The predicted molar refractivity (Wildman–Crippen MR) is 157 cm³/mol. The Balaban J connectivity index is 2.78. The number of benzene rings is 1. The van der Waals surface area contributed by atoms with Gasteiger partial charge in [0.05, 0.1) is 4.75 Å². The largest absolute Gasteiger partial charge is 0.326 e. The molecule has 1 aromatic rings. The summed E-state index contributed by atoms with van der Waals surface area (Å²) in [5, 5.41) is 0. The van der Waals surface area contributed by atoms with Crippen LogP contribution in [0.15, 0.2) is 70.4 Å². The van der Waals surface area contributed by atoms with Gasteiger partial charge in [0, 0.05) is 12.1 Å². The molecule has 188 valence electrons. The van der Waals surface area contributed by atoms with Gasteiger partial charge >= 0.3 is 0 Å². The van der Waals surface area contributed by atoms with Gasteiger partial charge in [0.25, 0.3) is 0 Å². The Morgan fingerprint density at radius 3 is 2.29 bits per heavy atom. The van der Waals surface area contributed by atoms with Gasteiger partial charge in [0.1, 0.15) is 5.94 Å². The highest BCUT2D eigenvalue weighted by Crippen LogP contribution is 2.42. The van der Waals surface area contributed by atoms with Crippen LogP contribution in [0, 0.1) is 13.8 Å². The normalized spacial score (nSPS) is 17.6. The number of thiol groups is 1. The first-order valence-electron chi connectivity index (χ1n) is 12.7. The van der Waals surface area contributed by atoms with Crippen LogP contribution in [-0.2, 0) is 11.2 Å². The van der Waals surface area contributed by atoms with Gasteiger partial charge < -0.3 is 5.73 Å². The standard InChI is InChI=1S/C32H43NOS/c1-10-26(20(3)4)30(32(35,11-2)24(8)19-34)17-23(7)25(9)29(18-33)28-14-12-13-27-21(5)15-16-22(6)31(27)28/h15-17,35H,3,9-14,18,33H2,1-2,4-8H3/b23-17+,29-28-,30-26+/t32-/m1/s1. The number of carbonyl (C=O) groups excluding carboxylic acids is 1. The summed E-state index contributed by atoms with van der Waals surface area (Å²) in [4.78, 5) is 11.7. The van der Waals surface area contributed by atoms with Crippen LogP contribution in [0.3, 0.4) is 0 Å². The van der Waals surface area contributed by atoms with Crippen molar-refractivity contribution in [2.24, 2.45) is 5.73 Å². The quantitative estimate of drug-likeness (QED) is 0.210. The molecule has 0 spiro atoms. The fourth-order valence-electron chi connectivity index (χ4n) is 5.37. The second kappa shape index (κ2) is 12.1. The third kappa shape index (κ3) is 5.75. The number of nitrogens with two attached hydrogens (primary N) is 1. The third-order valence-electron chi connectivity index (χ3n) is 7.60. The van der Waals surface area contributed by atoms with Crippen molar-refractivity contribution in [2.45, 2.75) is 85.3 Å². The van der Waals surface area contributed by atoms with Crippen molar-refractivity contribution in [3.63, 3.8) is 0 Å². The molecule has 1 aliphatic rings. The Bertz CT molecular complexity index is 1170. The summed E-state index contributed by atoms with van der Waals surface area (Å²) in [6, 6.07) is 4.44. The first-order valence-corrected chi connectivity index (χ1v) is 13.2. The average Bonchev–Trinajstić information content (AvgIpc) is 2.85. The minimum Gasteiger partial charge on any atom is -0.326 e. The number of fused-ring (bicyclic) bond motifs is 1. The third-order valence-corrected chi connectivity index (χ3v) is 8.50. The van der Waals surface area contributed by atoms with Gasteiger partial charge in [-0.25, -0.2) is 4.79 Å². The van der Waals surface area contributed by atoms with Crippen molar-refractivity contribution in [2.75, 3.05) is 6.54 Å². The number of hydrogen-bond donors (Lipinski definition) is 2. The summed E-state index contributed by atoms with van der Waals surface area (Å²) >= 11 is 5.05. The van der Waals surface area contributed by atoms with Crippen LogP contribution in [0.2, 0.25) is 0 Å². The predicted octanol–water partition coefficient (Wildman–Crippen LogP) is 7.99. The lowest BCUT2D eigenvalue weighted by atomic mass is 9.78. The fourth-order valence-corrected chi connectivity index (χ4v) is 5.62. The van der Waals surface area contributed by atoms with E-state index in [0.717, 1.165) is 59.1 Å². The molecule has 0 saturated heterocycles. The van der Waals surface area contributed by atoms with Crippen molar-refractivity contribution in [1.29, 1.82) is 0 Å². The molecule has 1 aromatic carbocycles. The molecule has 0 heterocycles. The van der Waals surface area contributed by atoms with Crippen LogP contribution < -0.4 is 5.73 Å². The monoisotopic (exact) mass is 489 g/mol. The Labute approximate surface area is 218 Å². The van der Waals surface area contributed by atoms with E-state index in [1.165, 1.54) is 27.8 Å². The Hall–Kier alpha value is -2.32. The van der Waals surface area contributed by atoms with Crippen LogP contribution in [0.5, 0.6) is 0 Å². The number of aryl methyl sites for hydroxylation is 2. The van der Waals surface area contributed by atoms with Crippen molar-refractivity contribution in [3.05, 3.63) is 92.6 Å². The van der Waals surface area contributed by atoms with Gasteiger partial charge in [-0.15, -0.1) is 0 Å². The van der Waals surface area contributed by atoms with E-state index in [0.29, 0.717) is 18.5 Å². The lowest BCUT2D eigenvalue weighted by Gasteiger charge is -2.32. The first-order chi connectivity index (χ1) is 16.5. The molecule has 1 aliphatic carbocycles. The second-order valence-corrected chi connectivity index (χ2v) is 10.6. The smallest absolute Gasteiger partial charge is 0.125 e. The van der Waals surface area contributed by atoms with Gasteiger partial charge in [-0.2, -0.15) is 12.6 Å². The van der Waals surface area contributed by atoms with E-state index >= 15 is 0 Å². The molecule has 2 rings (SSSR count). The maximum absolute atomic E-state index is 11.7. The van der Waals surface area contributed by atoms with E-state index in [1.54, 1.807) is 0 Å². The topological polar surface area (TPSA) is 43.1 Å². The maximum Gasteiger partial charge on any atom is 0.125 e. The summed E-state index contributed by atoms with van der Waals surface area (Å²) < 4.78 is -0.727. The molecule has 3 heteroatoms. The molecule has 0 saturated carbocycles. The summed E-state index contributed by atoms with van der Waals surface area (Å²) in [7, 11) is 0. The van der Waals surface area contributed by atoms with Crippen LogP contribution in [-0.4, -0.2) is 17.2 Å². The molecule has 0 aromatic heterocycles. The SMILES string of the molecule is C=C(/C(C)=C/C(=C(/CC)C(=C)C)[C@@](S)(CC)C(C)=C=O)/C(CN)=C1/CCCc2c(C)ccc(C)c21. The van der Waals surface area contributed by atoms with E-state index in [4.69, 9.17) is 18.4 Å². The molecule has 1 atom stereocenters. The Morgan fingerprint density at radius 1 is 1.14 bits per heavy atom. The number of allylic oxidation sites excluding steroid dienone is 5. The van der Waals surface area contributed by atoms with Crippen molar-refractivity contribution >= 4 is 24.1 Å². The highest BCUT2D eigenvalue weighted by atomic mass is 32.1. The summed E-state index contributed by atoms with van der Waals surface area (Å²) in [6.45, 7) is 23.6. The van der Waals surface area contributed by atoms with Gasteiger partial charge in [0.15, 0.2) is 0 Å². The molecule has 0 radical (unpaired) electrons. The molecule has 2 N–H and O–H groups in total. The zero-order valence-corrected chi connectivity index (χ0v) is 23.7. The molecular weight excluding hydrogens is 446 g/mol. The van der Waals surface area contributed by atoms with E-state index in [9.17, 15) is 4.79 Å². The molecule has 0 aliphatic heterocycles. The lowest BCUT2D eigenvalue weighted by molar-refractivity contribution is 0.563. The van der Waals surface area contributed by atoms with Gasteiger partial charge in [0.2, 0.25) is 0 Å². The Morgan fingerprint density at radius 2 is 1.77 bits per heavy atom. The zero-order valence-electron chi connectivity index (χ0n) is 22.8. The van der Waals surface area contributed by atoms with E-state index in [-0.39, 0.29) is 0 Å². The molecule has 0 bridgehead atoms. The van der Waals surface area contributed by atoms with Gasteiger partial charge in [-0.3, -0.25) is 0 Å². The molecule has 35 heavy (non-hydrogen) atoms. The van der Waals surface area contributed by atoms with Crippen LogP contribution in [0.25, 0.3) is 5.57 Å². The summed E-state index contributed by atoms with van der Waals surface area (Å²) in [5.74, 6) is 2.11. The second-order valence-electron chi connectivity index (χ2n) is 9.84. The van der Waals surface area contributed by atoms with E-state index in [1.807, 2.05) is 13.8 Å². The first kappa shape index (κ1) is 28.9. The molecule has 2 nitrogen and oxygen atoms in total. The maximum atomic E-state index is 11.7. The van der Waals surface area contributed by atoms with Gasteiger partial charge in [-0.1, -0.05) is 50.8 Å². The number of hydrogen-bond acceptors (Lipinski definition) is 3. The van der Waals surface area contributed by atoms with Crippen LogP contribution in [0.1, 0.15) is 82.6 Å². The highest BCUT2D eigenvalue weighted by Gasteiger charge is 2.33. The van der Waals surface area contributed by atoms with E-state index in [2.05, 4.69) is 71.9 Å². The van der Waals surface area contributed by atoms with Crippen LogP contribution >= 0.6 is 12.6 Å². The number of rotatable bonds is 9. The zero-order chi connectivity index (χ0) is 26.5. The highest BCUT2D eigenvalue weighted by molar-refractivity contribution is 7.82. The van der Waals surface area contributed by atoms with Gasteiger partial charge in [-0.05, 0) is 122 Å². The minimum atomic E-state index is -0.727. The Kier molecular flexibility index (Phi) is 9.98. The fraction of sp³-hybridized carbons (Fsp3) is 0.438. The van der Waals surface area contributed by atoms with Crippen molar-refractivity contribution < 1.29 is 4.79 Å². The molecular formula is C32H43NOS. The molecule has 0 unspecified atom stereocenters. The average molecular weight is 490 g/mol. The van der Waals surface area contributed by atoms with Crippen molar-refractivity contribution in [3.8, 4) is 0 Å². The summed E-state index contributed by atoms with van der Waals surface area (Å²) in [5.41, 5.74) is 19.9. The van der Waals surface area contributed by atoms with Crippen LogP contribution in [0.4, 0.5) is 0 Å². The minimum absolute atomic E-state index is 0.430. The van der Waals surface area contributed by atoms with Crippen molar-refractivity contribution in [1.82, 2.24) is 0 Å². The molecule has 0 amide bonds.